The second kappa shape index (κ2) is 3.67. The molecule has 0 saturated heterocycles. The van der Waals surface area contributed by atoms with E-state index in [1.54, 1.807) is 0 Å². The SMILES string of the molecule is CC[C@@H](C)CC#N. The minimum absolute atomic E-state index is 0.588. The Kier molecular flexibility index (Phi) is 3.40. The molecular formula is C6H11N. The van der Waals surface area contributed by atoms with Crippen LogP contribution >= 0.6 is 0 Å². The molecule has 0 aliphatic rings. The van der Waals surface area contributed by atoms with E-state index in [1.807, 2.05) is 0 Å². The maximum absolute atomic E-state index is 8.12. The molecule has 1 heteroatoms. The third-order valence-corrected chi connectivity index (χ3v) is 1.14. The van der Waals surface area contributed by atoms with Crippen molar-refractivity contribution in [1.82, 2.24) is 0 Å². The van der Waals surface area contributed by atoms with Gasteiger partial charge in [-0.15, -0.1) is 0 Å². The lowest BCUT2D eigenvalue weighted by atomic mass is 10.1. The van der Waals surface area contributed by atoms with Gasteiger partial charge in [0, 0.05) is 6.42 Å². The maximum Gasteiger partial charge on any atom is 0.0624 e. The topological polar surface area (TPSA) is 23.8 Å². The quantitative estimate of drug-likeness (QED) is 0.516. The van der Waals surface area contributed by atoms with Crippen LogP contribution in [-0.2, 0) is 0 Å². The van der Waals surface area contributed by atoms with Crippen molar-refractivity contribution >= 4 is 0 Å². The van der Waals surface area contributed by atoms with E-state index in [9.17, 15) is 0 Å². The number of hydrogen-bond donors (Lipinski definition) is 0. The molecule has 0 saturated carbocycles. The smallest absolute Gasteiger partial charge is 0.0624 e. The molecule has 0 aliphatic carbocycles. The van der Waals surface area contributed by atoms with E-state index in [1.165, 1.54) is 0 Å². The van der Waals surface area contributed by atoms with Crippen molar-refractivity contribution in [2.45, 2.75) is 26.7 Å². The third-order valence-electron chi connectivity index (χ3n) is 1.14. The highest BCUT2D eigenvalue weighted by Gasteiger charge is 1.93. The summed E-state index contributed by atoms with van der Waals surface area (Å²) in [6, 6.07) is 2.12. The van der Waals surface area contributed by atoms with Crippen molar-refractivity contribution in [3.8, 4) is 6.07 Å². The van der Waals surface area contributed by atoms with Gasteiger partial charge in [0.1, 0.15) is 0 Å². The standard InChI is InChI=1S/C6H11N/c1-3-6(2)4-5-7/h6H,3-4H2,1-2H3/t6-/m1/s1. The normalized spacial score (nSPS) is 12.7. The zero-order valence-corrected chi connectivity index (χ0v) is 4.94. The van der Waals surface area contributed by atoms with Crippen LogP contribution in [0.2, 0.25) is 0 Å². The van der Waals surface area contributed by atoms with Gasteiger partial charge in [0.15, 0.2) is 0 Å². The first-order valence-electron chi connectivity index (χ1n) is 2.68. The Bertz CT molecular complexity index is 70.7. The molecule has 0 aromatic heterocycles. The van der Waals surface area contributed by atoms with Crippen molar-refractivity contribution in [2.75, 3.05) is 0 Å². The largest absolute Gasteiger partial charge is 0.198 e. The summed E-state index contributed by atoms with van der Waals surface area (Å²) < 4.78 is 0. The fourth-order valence-corrected chi connectivity index (χ4v) is 0.300. The first-order valence-corrected chi connectivity index (χ1v) is 2.68. The van der Waals surface area contributed by atoms with Crippen LogP contribution in [0.3, 0.4) is 0 Å². The summed E-state index contributed by atoms with van der Waals surface area (Å²) in [6.45, 7) is 4.19. The Morgan fingerprint density at radius 3 is 2.43 bits per heavy atom. The number of nitrogens with zero attached hydrogens (tertiary/aromatic N) is 1. The van der Waals surface area contributed by atoms with Crippen molar-refractivity contribution in [3.63, 3.8) is 0 Å². The Morgan fingerprint density at radius 2 is 2.29 bits per heavy atom. The molecule has 0 radical (unpaired) electrons. The molecular weight excluding hydrogens is 86.1 g/mol. The van der Waals surface area contributed by atoms with Gasteiger partial charge in [0.05, 0.1) is 6.07 Å². The second-order valence-electron chi connectivity index (χ2n) is 1.88. The zero-order valence-electron chi connectivity index (χ0n) is 4.94. The van der Waals surface area contributed by atoms with Crippen LogP contribution in [0.25, 0.3) is 0 Å². The Balaban J connectivity index is 3.03. The molecule has 0 aromatic rings. The fraction of sp³-hybridized carbons (Fsp3) is 0.833. The lowest BCUT2D eigenvalue weighted by Crippen LogP contribution is -1.86. The molecule has 7 heavy (non-hydrogen) atoms. The lowest BCUT2D eigenvalue weighted by Gasteiger charge is -1.96. The lowest BCUT2D eigenvalue weighted by molar-refractivity contribution is 0.578. The van der Waals surface area contributed by atoms with E-state index >= 15 is 0 Å². The van der Waals surface area contributed by atoms with Gasteiger partial charge in [0.2, 0.25) is 0 Å². The number of hydrogen-bond acceptors (Lipinski definition) is 1. The van der Waals surface area contributed by atoms with Gasteiger partial charge in [-0.1, -0.05) is 20.3 Å². The first kappa shape index (κ1) is 6.49. The molecule has 0 unspecified atom stereocenters. The summed E-state index contributed by atoms with van der Waals surface area (Å²) in [6.07, 6.45) is 1.82. The van der Waals surface area contributed by atoms with E-state index in [0.717, 1.165) is 6.42 Å². The molecule has 0 aromatic carbocycles. The van der Waals surface area contributed by atoms with Gasteiger partial charge < -0.3 is 0 Å². The Morgan fingerprint density at radius 1 is 1.71 bits per heavy atom. The van der Waals surface area contributed by atoms with E-state index in [-0.39, 0.29) is 0 Å². The monoisotopic (exact) mass is 97.1 g/mol. The molecule has 0 amide bonds. The van der Waals surface area contributed by atoms with Gasteiger partial charge in [-0.3, -0.25) is 0 Å². The van der Waals surface area contributed by atoms with E-state index in [2.05, 4.69) is 19.9 Å². The molecule has 1 nitrogen and oxygen atoms in total. The van der Waals surface area contributed by atoms with Crippen molar-refractivity contribution in [1.29, 1.82) is 5.26 Å². The third kappa shape index (κ3) is 3.32. The fourth-order valence-electron chi connectivity index (χ4n) is 0.300. The van der Waals surface area contributed by atoms with Crippen LogP contribution in [0.4, 0.5) is 0 Å². The Hall–Kier alpha value is -0.510. The summed E-state index contributed by atoms with van der Waals surface area (Å²) in [5, 5.41) is 8.12. The average molecular weight is 97.2 g/mol. The highest BCUT2D eigenvalue weighted by Crippen LogP contribution is 2.03. The molecule has 0 fully saturated rings. The molecule has 0 aliphatic heterocycles. The van der Waals surface area contributed by atoms with Crippen LogP contribution < -0.4 is 0 Å². The second-order valence-corrected chi connectivity index (χ2v) is 1.88. The highest BCUT2D eigenvalue weighted by molar-refractivity contribution is 4.71. The van der Waals surface area contributed by atoms with E-state index in [4.69, 9.17) is 5.26 Å². The molecule has 0 spiro atoms. The average Bonchev–Trinajstić information content (AvgIpc) is 1.68. The number of nitriles is 1. The molecule has 0 bridgehead atoms. The van der Waals surface area contributed by atoms with Crippen molar-refractivity contribution in [3.05, 3.63) is 0 Å². The minimum atomic E-state index is 0.588. The van der Waals surface area contributed by atoms with Crippen molar-refractivity contribution in [2.24, 2.45) is 5.92 Å². The summed E-state index contributed by atoms with van der Waals surface area (Å²) in [5.74, 6) is 0.588. The molecule has 40 valence electrons. The summed E-state index contributed by atoms with van der Waals surface area (Å²) in [7, 11) is 0. The highest BCUT2D eigenvalue weighted by atomic mass is 14.2. The van der Waals surface area contributed by atoms with Gasteiger partial charge in [-0.2, -0.15) is 5.26 Å². The summed E-state index contributed by atoms with van der Waals surface area (Å²) in [4.78, 5) is 0. The molecule has 0 N–H and O–H groups in total. The minimum Gasteiger partial charge on any atom is -0.198 e. The maximum atomic E-state index is 8.12. The number of rotatable bonds is 2. The zero-order chi connectivity index (χ0) is 5.70. The van der Waals surface area contributed by atoms with Gasteiger partial charge in [-0.25, -0.2) is 0 Å². The van der Waals surface area contributed by atoms with Gasteiger partial charge >= 0.3 is 0 Å². The van der Waals surface area contributed by atoms with Crippen LogP contribution in [0.5, 0.6) is 0 Å². The van der Waals surface area contributed by atoms with Crippen LogP contribution in [0, 0.1) is 17.2 Å². The Labute approximate surface area is 45.0 Å². The van der Waals surface area contributed by atoms with Crippen LogP contribution in [0.1, 0.15) is 26.7 Å². The van der Waals surface area contributed by atoms with Gasteiger partial charge in [-0.05, 0) is 5.92 Å². The first-order chi connectivity index (χ1) is 3.31. The molecule has 0 heterocycles. The van der Waals surface area contributed by atoms with E-state index < -0.39 is 0 Å². The molecule has 0 rings (SSSR count). The van der Waals surface area contributed by atoms with Crippen LogP contribution in [-0.4, -0.2) is 0 Å². The van der Waals surface area contributed by atoms with E-state index in [0.29, 0.717) is 12.3 Å². The molecule has 1 atom stereocenters. The van der Waals surface area contributed by atoms with Crippen molar-refractivity contribution < 1.29 is 0 Å². The van der Waals surface area contributed by atoms with Crippen LogP contribution in [0.15, 0.2) is 0 Å². The predicted molar refractivity (Wildman–Crippen MR) is 29.7 cm³/mol. The summed E-state index contributed by atoms with van der Waals surface area (Å²) >= 11 is 0. The summed E-state index contributed by atoms with van der Waals surface area (Å²) in [5.41, 5.74) is 0. The van der Waals surface area contributed by atoms with Gasteiger partial charge in [0.25, 0.3) is 0 Å². The predicted octanol–water partition coefficient (Wildman–Crippen LogP) is 1.95.